The first kappa shape index (κ1) is 15.0. The number of hydrogen-bond donors (Lipinski definition) is 1. The number of likely N-dealkylation sites (N-methyl/N-ethyl adjacent to an activating group) is 1. The zero-order valence-corrected chi connectivity index (χ0v) is 12.5. The molecule has 2 N–H and O–H groups in total. The van der Waals surface area contributed by atoms with Gasteiger partial charge in [-0.3, -0.25) is 0 Å². The second-order valence-electron chi connectivity index (χ2n) is 5.25. The van der Waals surface area contributed by atoms with Crippen LogP contribution in [-0.2, 0) is 10.0 Å². The highest BCUT2D eigenvalue weighted by atomic mass is 32.2. The Morgan fingerprint density at radius 1 is 1.50 bits per heavy atom. The van der Waals surface area contributed by atoms with Crippen molar-refractivity contribution in [2.45, 2.75) is 30.7 Å². The van der Waals surface area contributed by atoms with Crippen LogP contribution in [0.1, 0.15) is 24.0 Å². The first-order chi connectivity index (χ1) is 9.41. The Hall–Kier alpha value is -1.42. The van der Waals surface area contributed by atoms with Crippen molar-refractivity contribution in [3.05, 3.63) is 29.3 Å². The molecular formula is C14H19N3O2S. The average molecular weight is 293 g/mol. The lowest BCUT2D eigenvalue weighted by Gasteiger charge is -2.26. The molecule has 1 aromatic carbocycles. The summed E-state index contributed by atoms with van der Waals surface area (Å²) < 4.78 is 26.6. The Morgan fingerprint density at radius 2 is 2.15 bits per heavy atom. The van der Waals surface area contributed by atoms with Crippen molar-refractivity contribution in [3.8, 4) is 6.07 Å². The fourth-order valence-electron chi connectivity index (χ4n) is 2.39. The first-order valence-corrected chi connectivity index (χ1v) is 8.04. The van der Waals surface area contributed by atoms with E-state index in [0.717, 1.165) is 12.8 Å². The number of benzene rings is 1. The molecule has 1 aliphatic rings. The summed E-state index contributed by atoms with van der Waals surface area (Å²) in [5.41, 5.74) is 6.87. The molecule has 5 nitrogen and oxygen atoms in total. The second-order valence-corrected chi connectivity index (χ2v) is 7.25. The van der Waals surface area contributed by atoms with E-state index in [1.54, 1.807) is 26.1 Å². The third-order valence-electron chi connectivity index (χ3n) is 3.87. The van der Waals surface area contributed by atoms with Crippen LogP contribution in [0.15, 0.2) is 23.1 Å². The predicted molar refractivity (Wildman–Crippen MR) is 76.4 cm³/mol. The average Bonchev–Trinajstić information content (AvgIpc) is 3.24. The number of hydrogen-bond acceptors (Lipinski definition) is 4. The van der Waals surface area contributed by atoms with Crippen LogP contribution in [0.3, 0.4) is 0 Å². The van der Waals surface area contributed by atoms with Crippen molar-refractivity contribution < 1.29 is 8.42 Å². The lowest BCUT2D eigenvalue weighted by atomic mass is 10.1. The molecule has 0 bridgehead atoms. The van der Waals surface area contributed by atoms with Gasteiger partial charge < -0.3 is 5.73 Å². The summed E-state index contributed by atoms with van der Waals surface area (Å²) in [5, 5.41) is 8.90. The van der Waals surface area contributed by atoms with Crippen LogP contribution in [0.25, 0.3) is 0 Å². The number of aryl methyl sites for hydroxylation is 1. The maximum absolute atomic E-state index is 12.6. The van der Waals surface area contributed by atoms with Crippen molar-refractivity contribution in [1.29, 1.82) is 5.26 Å². The van der Waals surface area contributed by atoms with Crippen LogP contribution in [0.4, 0.5) is 0 Å². The fraction of sp³-hybridized carbons (Fsp3) is 0.500. The van der Waals surface area contributed by atoms with Crippen molar-refractivity contribution in [2.24, 2.45) is 11.7 Å². The zero-order chi connectivity index (χ0) is 14.9. The van der Waals surface area contributed by atoms with Crippen LogP contribution in [0.2, 0.25) is 0 Å². The van der Waals surface area contributed by atoms with Gasteiger partial charge in [-0.1, -0.05) is 0 Å². The van der Waals surface area contributed by atoms with Gasteiger partial charge in [-0.2, -0.15) is 9.57 Å². The summed E-state index contributed by atoms with van der Waals surface area (Å²) in [5.74, 6) is 0.374. The Labute approximate surface area is 120 Å². The monoisotopic (exact) mass is 293 g/mol. The molecule has 1 unspecified atom stereocenters. The minimum Gasteiger partial charge on any atom is -0.329 e. The van der Waals surface area contributed by atoms with Crippen LogP contribution in [0.5, 0.6) is 0 Å². The molecule has 2 rings (SSSR count). The first-order valence-electron chi connectivity index (χ1n) is 6.60. The highest BCUT2D eigenvalue weighted by molar-refractivity contribution is 7.89. The summed E-state index contributed by atoms with van der Waals surface area (Å²) >= 11 is 0. The number of nitrogens with zero attached hydrogens (tertiary/aromatic N) is 2. The lowest BCUT2D eigenvalue weighted by Crippen LogP contribution is -2.43. The molecule has 1 saturated carbocycles. The van der Waals surface area contributed by atoms with Crippen molar-refractivity contribution in [3.63, 3.8) is 0 Å². The fourth-order valence-corrected chi connectivity index (χ4v) is 3.90. The molecule has 20 heavy (non-hydrogen) atoms. The van der Waals surface area contributed by atoms with Gasteiger partial charge in [-0.05, 0) is 49.4 Å². The summed E-state index contributed by atoms with van der Waals surface area (Å²) in [6.45, 7) is 2.06. The molecule has 0 aliphatic heterocycles. The van der Waals surface area contributed by atoms with Crippen LogP contribution < -0.4 is 5.73 Å². The predicted octanol–water partition coefficient (Wildman–Crippen LogP) is 1.22. The number of nitrogens with two attached hydrogens (primary N) is 1. The van der Waals surface area contributed by atoms with E-state index in [4.69, 9.17) is 11.0 Å². The van der Waals surface area contributed by atoms with Crippen molar-refractivity contribution in [1.82, 2.24) is 4.31 Å². The highest BCUT2D eigenvalue weighted by Gasteiger charge is 2.38. The van der Waals surface area contributed by atoms with Crippen LogP contribution >= 0.6 is 0 Å². The van der Waals surface area contributed by atoms with Gasteiger partial charge in [0.25, 0.3) is 0 Å². The molecule has 1 aromatic rings. The number of nitriles is 1. The Kier molecular flexibility index (Phi) is 4.14. The number of rotatable bonds is 5. The van der Waals surface area contributed by atoms with E-state index in [-0.39, 0.29) is 10.9 Å². The maximum atomic E-state index is 12.6. The normalized spacial score (nSPS) is 16.9. The smallest absolute Gasteiger partial charge is 0.243 e. The van der Waals surface area contributed by atoms with E-state index < -0.39 is 10.0 Å². The Bertz CT molecular complexity index is 645. The van der Waals surface area contributed by atoms with Gasteiger partial charge in [0.05, 0.1) is 16.5 Å². The summed E-state index contributed by atoms with van der Waals surface area (Å²) in [7, 11) is -1.98. The Morgan fingerprint density at radius 3 is 2.60 bits per heavy atom. The van der Waals surface area contributed by atoms with E-state index in [1.165, 1.54) is 10.4 Å². The van der Waals surface area contributed by atoms with Gasteiger partial charge in [0.2, 0.25) is 10.0 Å². The quantitative estimate of drug-likeness (QED) is 0.884. The summed E-state index contributed by atoms with van der Waals surface area (Å²) in [6, 6.07) is 6.47. The third kappa shape index (κ3) is 2.70. The van der Waals surface area contributed by atoms with E-state index in [0.29, 0.717) is 23.6 Å². The summed E-state index contributed by atoms with van der Waals surface area (Å²) in [4.78, 5) is 0.218. The van der Waals surface area contributed by atoms with Crippen molar-refractivity contribution in [2.75, 3.05) is 13.6 Å². The molecular weight excluding hydrogens is 274 g/mol. The second kappa shape index (κ2) is 5.52. The van der Waals surface area contributed by atoms with Crippen LogP contribution in [-0.4, -0.2) is 32.4 Å². The van der Waals surface area contributed by atoms with Gasteiger partial charge in [0, 0.05) is 19.6 Å². The minimum atomic E-state index is -3.56. The molecule has 0 heterocycles. The molecule has 0 spiro atoms. The lowest BCUT2D eigenvalue weighted by molar-refractivity contribution is 0.340. The largest absolute Gasteiger partial charge is 0.329 e. The molecule has 6 heteroatoms. The molecule has 0 amide bonds. The standard InChI is InChI=1S/C14H19N3O2S/c1-10-7-13(6-5-12(10)8-15)20(18,19)17(2)14(9-16)11-3-4-11/h5-7,11,14H,3-4,9,16H2,1-2H3. The van der Waals surface area contributed by atoms with Crippen molar-refractivity contribution >= 4 is 10.0 Å². The van der Waals surface area contributed by atoms with Gasteiger partial charge in [0.1, 0.15) is 0 Å². The van der Waals surface area contributed by atoms with Gasteiger partial charge in [-0.15, -0.1) is 0 Å². The Balaban J connectivity index is 2.34. The van der Waals surface area contributed by atoms with Gasteiger partial charge >= 0.3 is 0 Å². The molecule has 108 valence electrons. The number of sulfonamides is 1. The molecule has 0 radical (unpaired) electrons. The topological polar surface area (TPSA) is 87.2 Å². The van der Waals surface area contributed by atoms with E-state index in [2.05, 4.69) is 0 Å². The maximum Gasteiger partial charge on any atom is 0.243 e. The van der Waals surface area contributed by atoms with E-state index in [1.807, 2.05) is 6.07 Å². The van der Waals surface area contributed by atoms with Crippen LogP contribution in [0, 0.1) is 24.2 Å². The third-order valence-corrected chi connectivity index (χ3v) is 5.75. The highest BCUT2D eigenvalue weighted by Crippen LogP contribution is 2.36. The van der Waals surface area contributed by atoms with Gasteiger partial charge in [-0.25, -0.2) is 8.42 Å². The molecule has 1 aliphatic carbocycles. The molecule has 1 atom stereocenters. The van der Waals surface area contributed by atoms with E-state index >= 15 is 0 Å². The SMILES string of the molecule is Cc1cc(S(=O)(=O)N(C)C(CN)C2CC2)ccc1C#N. The molecule has 0 aromatic heterocycles. The summed E-state index contributed by atoms with van der Waals surface area (Å²) in [6.07, 6.45) is 2.07. The van der Waals surface area contributed by atoms with E-state index in [9.17, 15) is 8.42 Å². The minimum absolute atomic E-state index is 0.143. The molecule has 0 saturated heterocycles. The van der Waals surface area contributed by atoms with Gasteiger partial charge in [0.15, 0.2) is 0 Å². The zero-order valence-electron chi connectivity index (χ0n) is 11.7. The molecule has 1 fully saturated rings.